The molecule has 1 aromatic carbocycles. The van der Waals surface area contributed by atoms with Gasteiger partial charge in [0.15, 0.2) is 0 Å². The van der Waals surface area contributed by atoms with E-state index in [1.165, 1.54) is 18.5 Å². The summed E-state index contributed by atoms with van der Waals surface area (Å²) in [7, 11) is 3.40. The van der Waals surface area contributed by atoms with E-state index >= 15 is 0 Å². The monoisotopic (exact) mass is 332 g/mol. The number of nitrogens with zero attached hydrogens (tertiary/aromatic N) is 2. The number of amides is 1. The number of aliphatic hydroxyl groups is 1. The number of carbonyl (C=O) groups excluding carboxylic acids is 1. The van der Waals surface area contributed by atoms with Gasteiger partial charge in [-0.1, -0.05) is 0 Å². The molecule has 24 heavy (non-hydrogen) atoms. The van der Waals surface area contributed by atoms with Crippen LogP contribution in [-0.4, -0.2) is 61.4 Å². The maximum absolute atomic E-state index is 12.8. The van der Waals surface area contributed by atoms with Crippen molar-refractivity contribution in [2.45, 2.75) is 50.4 Å². The summed E-state index contributed by atoms with van der Waals surface area (Å²) in [5.41, 5.74) is 1.86. The fourth-order valence-electron chi connectivity index (χ4n) is 3.94. The molecule has 2 aliphatic rings. The van der Waals surface area contributed by atoms with Crippen LogP contribution >= 0.6 is 0 Å². The van der Waals surface area contributed by atoms with Crippen molar-refractivity contribution in [1.82, 2.24) is 4.90 Å². The number of likely N-dealkylation sites (N-methyl/N-ethyl adjacent to an activating group) is 1. The van der Waals surface area contributed by atoms with Gasteiger partial charge in [0, 0.05) is 38.5 Å². The number of rotatable bonds is 4. The van der Waals surface area contributed by atoms with Crippen LogP contribution in [0.3, 0.4) is 0 Å². The number of hydrogen-bond acceptors (Lipinski definition) is 4. The molecule has 5 nitrogen and oxygen atoms in total. The quantitative estimate of drug-likeness (QED) is 0.919. The first-order valence-corrected chi connectivity index (χ1v) is 8.95. The fourth-order valence-corrected chi connectivity index (χ4v) is 3.94. The lowest BCUT2D eigenvalue weighted by atomic mass is 9.88. The predicted octanol–water partition coefficient (Wildman–Crippen LogP) is 2.29. The van der Waals surface area contributed by atoms with E-state index in [9.17, 15) is 9.90 Å². The van der Waals surface area contributed by atoms with Crippen LogP contribution in [0.2, 0.25) is 0 Å². The molecule has 1 aliphatic carbocycles. The SMILES string of the molecule is CO[C@@H]1CCC[C@@H](N(C)C(=O)c2ccc(N3CCCC3)cc2)[C@H]1O. The number of ether oxygens (including phenoxy) is 1. The third-order valence-electron chi connectivity index (χ3n) is 5.47. The van der Waals surface area contributed by atoms with Gasteiger partial charge in [0.25, 0.3) is 5.91 Å². The highest BCUT2D eigenvalue weighted by molar-refractivity contribution is 5.94. The van der Waals surface area contributed by atoms with Crippen molar-refractivity contribution in [3.05, 3.63) is 29.8 Å². The Morgan fingerprint density at radius 3 is 2.46 bits per heavy atom. The molecule has 3 atom stereocenters. The molecular formula is C19H28N2O3. The second-order valence-corrected chi connectivity index (χ2v) is 6.92. The normalized spacial score (nSPS) is 27.3. The molecule has 3 rings (SSSR count). The average molecular weight is 332 g/mol. The summed E-state index contributed by atoms with van der Waals surface area (Å²) in [6.07, 6.45) is 4.30. The summed E-state index contributed by atoms with van der Waals surface area (Å²) in [6, 6.07) is 7.67. The van der Waals surface area contributed by atoms with Gasteiger partial charge in [-0.2, -0.15) is 0 Å². The van der Waals surface area contributed by atoms with Gasteiger partial charge in [-0.15, -0.1) is 0 Å². The Labute approximate surface area is 144 Å². The molecule has 1 N–H and O–H groups in total. The molecule has 1 aromatic rings. The second-order valence-electron chi connectivity index (χ2n) is 6.92. The molecule has 1 amide bonds. The van der Waals surface area contributed by atoms with Crippen molar-refractivity contribution in [3.63, 3.8) is 0 Å². The van der Waals surface area contributed by atoms with Crippen LogP contribution in [0.1, 0.15) is 42.5 Å². The molecule has 1 saturated heterocycles. The molecule has 5 heteroatoms. The second kappa shape index (κ2) is 7.53. The zero-order valence-corrected chi connectivity index (χ0v) is 14.6. The Morgan fingerprint density at radius 1 is 1.17 bits per heavy atom. The maximum Gasteiger partial charge on any atom is 0.253 e. The molecule has 132 valence electrons. The Balaban J connectivity index is 1.68. The Morgan fingerprint density at radius 2 is 1.83 bits per heavy atom. The van der Waals surface area contributed by atoms with E-state index in [0.29, 0.717) is 5.56 Å². The van der Waals surface area contributed by atoms with Gasteiger partial charge in [0.2, 0.25) is 0 Å². The molecule has 1 heterocycles. The first-order chi connectivity index (χ1) is 11.6. The van der Waals surface area contributed by atoms with E-state index < -0.39 is 6.10 Å². The van der Waals surface area contributed by atoms with E-state index in [1.54, 1.807) is 19.1 Å². The minimum Gasteiger partial charge on any atom is -0.388 e. The van der Waals surface area contributed by atoms with Crippen molar-refractivity contribution in [2.75, 3.05) is 32.1 Å². The molecule has 0 radical (unpaired) electrons. The van der Waals surface area contributed by atoms with Crippen LogP contribution in [0.25, 0.3) is 0 Å². The lowest BCUT2D eigenvalue weighted by Gasteiger charge is -2.39. The van der Waals surface area contributed by atoms with Crippen LogP contribution in [0.15, 0.2) is 24.3 Å². The molecule has 0 unspecified atom stereocenters. The summed E-state index contributed by atoms with van der Waals surface area (Å²) >= 11 is 0. The number of hydrogen-bond donors (Lipinski definition) is 1. The summed E-state index contributed by atoms with van der Waals surface area (Å²) in [6.45, 7) is 2.19. The van der Waals surface area contributed by atoms with Gasteiger partial charge in [-0.3, -0.25) is 4.79 Å². The fraction of sp³-hybridized carbons (Fsp3) is 0.632. The third-order valence-corrected chi connectivity index (χ3v) is 5.47. The molecule has 1 aliphatic heterocycles. The van der Waals surface area contributed by atoms with Gasteiger partial charge in [0.05, 0.1) is 12.1 Å². The summed E-state index contributed by atoms with van der Waals surface area (Å²) < 4.78 is 5.35. The average Bonchev–Trinajstić information content (AvgIpc) is 3.15. The molecule has 2 fully saturated rings. The molecule has 0 spiro atoms. The molecule has 0 bridgehead atoms. The maximum atomic E-state index is 12.8. The largest absolute Gasteiger partial charge is 0.388 e. The summed E-state index contributed by atoms with van der Waals surface area (Å²) in [4.78, 5) is 16.8. The highest BCUT2D eigenvalue weighted by atomic mass is 16.5. The van der Waals surface area contributed by atoms with Crippen LogP contribution in [0.4, 0.5) is 5.69 Å². The van der Waals surface area contributed by atoms with Crippen LogP contribution in [-0.2, 0) is 4.74 Å². The lowest BCUT2D eigenvalue weighted by Crippen LogP contribution is -2.52. The van der Waals surface area contributed by atoms with Crippen molar-refractivity contribution < 1.29 is 14.6 Å². The Hall–Kier alpha value is -1.59. The van der Waals surface area contributed by atoms with Gasteiger partial charge in [-0.25, -0.2) is 0 Å². The zero-order chi connectivity index (χ0) is 17.1. The molecular weight excluding hydrogens is 304 g/mol. The van der Waals surface area contributed by atoms with Gasteiger partial charge < -0.3 is 19.6 Å². The molecule has 0 aromatic heterocycles. The number of benzene rings is 1. The highest BCUT2D eigenvalue weighted by Gasteiger charge is 2.36. The molecule has 1 saturated carbocycles. The number of carbonyl (C=O) groups is 1. The number of methoxy groups -OCH3 is 1. The van der Waals surface area contributed by atoms with Crippen LogP contribution in [0, 0.1) is 0 Å². The predicted molar refractivity (Wildman–Crippen MR) is 94.4 cm³/mol. The smallest absolute Gasteiger partial charge is 0.253 e. The van der Waals surface area contributed by atoms with E-state index in [-0.39, 0.29) is 18.1 Å². The minimum atomic E-state index is -0.624. The van der Waals surface area contributed by atoms with Crippen molar-refractivity contribution in [1.29, 1.82) is 0 Å². The lowest BCUT2D eigenvalue weighted by molar-refractivity contribution is -0.0714. The van der Waals surface area contributed by atoms with Crippen LogP contribution in [0.5, 0.6) is 0 Å². The Bertz CT molecular complexity index is 554. The van der Waals surface area contributed by atoms with Crippen molar-refractivity contribution >= 4 is 11.6 Å². The highest BCUT2D eigenvalue weighted by Crippen LogP contribution is 2.26. The minimum absolute atomic E-state index is 0.0382. The van der Waals surface area contributed by atoms with Crippen LogP contribution < -0.4 is 4.90 Å². The topological polar surface area (TPSA) is 53.0 Å². The number of anilines is 1. The van der Waals surface area contributed by atoms with E-state index in [2.05, 4.69) is 4.90 Å². The van der Waals surface area contributed by atoms with Gasteiger partial charge in [-0.05, 0) is 56.4 Å². The van der Waals surface area contributed by atoms with E-state index in [1.807, 2.05) is 24.3 Å². The Kier molecular flexibility index (Phi) is 5.41. The standard InChI is InChI=1S/C19H28N2O3/c1-20(16-6-5-7-17(24-2)18(16)22)19(23)14-8-10-15(11-9-14)21-12-3-4-13-21/h8-11,16-18,22H,3-7,12-13H2,1-2H3/t16-,17-,18-/m1/s1. The van der Waals surface area contributed by atoms with E-state index in [4.69, 9.17) is 4.74 Å². The summed E-state index contributed by atoms with van der Waals surface area (Å²) in [5, 5.41) is 10.5. The van der Waals surface area contributed by atoms with Gasteiger partial charge >= 0.3 is 0 Å². The number of aliphatic hydroxyl groups excluding tert-OH is 1. The first-order valence-electron chi connectivity index (χ1n) is 8.95. The van der Waals surface area contributed by atoms with Crippen molar-refractivity contribution in [3.8, 4) is 0 Å². The summed E-state index contributed by atoms with van der Waals surface area (Å²) in [5.74, 6) is -0.0382. The zero-order valence-electron chi connectivity index (χ0n) is 14.6. The third kappa shape index (κ3) is 3.42. The first kappa shape index (κ1) is 17.2. The van der Waals surface area contributed by atoms with Crippen molar-refractivity contribution in [2.24, 2.45) is 0 Å². The van der Waals surface area contributed by atoms with Gasteiger partial charge in [0.1, 0.15) is 6.10 Å². The van der Waals surface area contributed by atoms with E-state index in [0.717, 1.165) is 32.4 Å².